The molecule has 0 aliphatic heterocycles. The van der Waals surface area contributed by atoms with Gasteiger partial charge in [-0.3, -0.25) is 4.79 Å². The number of aliphatic hydroxyl groups excluding tert-OH is 1. The molecule has 1 aromatic carbocycles. The minimum Gasteiger partial charge on any atom is -0.439 e. The lowest BCUT2D eigenvalue weighted by atomic mass is 10.1. The van der Waals surface area contributed by atoms with Crippen LogP contribution in [0.15, 0.2) is 42.6 Å². The van der Waals surface area contributed by atoms with Gasteiger partial charge in [-0.2, -0.15) is 0 Å². The highest BCUT2D eigenvalue weighted by atomic mass is 35.5. The van der Waals surface area contributed by atoms with Crippen LogP contribution in [0, 0.1) is 0 Å². The third-order valence-corrected chi connectivity index (χ3v) is 4.39. The molecule has 0 atom stereocenters. The number of likely N-dealkylation sites (N-methyl/N-ethyl adjacent to an activating group) is 1. The number of aliphatic hydroxyl groups is 1. The molecule has 1 heterocycles. The summed E-state index contributed by atoms with van der Waals surface area (Å²) < 4.78 is 5.59. The molecule has 0 bridgehead atoms. The second-order valence-corrected chi connectivity index (χ2v) is 6.12. The highest BCUT2D eigenvalue weighted by Gasteiger charge is 2.48. The fraction of sp³-hybridized carbons (Fsp3) is 0.294. The molecule has 0 saturated heterocycles. The van der Waals surface area contributed by atoms with Crippen molar-refractivity contribution < 1.29 is 14.6 Å². The SMILES string of the molecule is CN(C(=O)c1ccc(Oc2ccc(Cl)cn2)cc1)C1(CO)CC1. The van der Waals surface area contributed by atoms with E-state index in [2.05, 4.69) is 4.98 Å². The van der Waals surface area contributed by atoms with Crippen molar-refractivity contribution in [3.63, 3.8) is 0 Å². The lowest BCUT2D eigenvalue weighted by Crippen LogP contribution is -2.41. The number of benzene rings is 1. The predicted molar refractivity (Wildman–Crippen MR) is 86.9 cm³/mol. The van der Waals surface area contributed by atoms with Crippen molar-refractivity contribution >= 4 is 17.5 Å². The van der Waals surface area contributed by atoms with Gasteiger partial charge in [0.15, 0.2) is 0 Å². The third kappa shape index (κ3) is 3.30. The standard InChI is InChI=1S/C17H17ClN2O3/c1-20(17(11-21)8-9-17)16(22)12-2-5-14(6-3-12)23-15-7-4-13(18)10-19-15/h2-7,10,21H,8-9,11H2,1H3. The Bertz CT molecular complexity index is 697. The van der Waals surface area contributed by atoms with Crippen LogP contribution < -0.4 is 4.74 Å². The molecule has 1 amide bonds. The van der Waals surface area contributed by atoms with E-state index in [4.69, 9.17) is 16.3 Å². The zero-order valence-corrected chi connectivity index (χ0v) is 13.5. The van der Waals surface area contributed by atoms with Crippen LogP contribution in [0.25, 0.3) is 0 Å². The molecule has 23 heavy (non-hydrogen) atoms. The van der Waals surface area contributed by atoms with Gasteiger partial charge in [-0.05, 0) is 43.2 Å². The first kappa shape index (κ1) is 15.8. The van der Waals surface area contributed by atoms with Gasteiger partial charge < -0.3 is 14.7 Å². The predicted octanol–water partition coefficient (Wildman–Crippen LogP) is 3.12. The quantitative estimate of drug-likeness (QED) is 0.913. The molecule has 3 rings (SSSR count). The number of hydrogen-bond donors (Lipinski definition) is 1. The molecule has 0 spiro atoms. The van der Waals surface area contributed by atoms with Crippen molar-refractivity contribution in [1.82, 2.24) is 9.88 Å². The molecule has 1 fully saturated rings. The minimum atomic E-state index is -0.376. The first-order valence-electron chi connectivity index (χ1n) is 7.33. The van der Waals surface area contributed by atoms with Gasteiger partial charge in [-0.15, -0.1) is 0 Å². The summed E-state index contributed by atoms with van der Waals surface area (Å²) in [5.74, 6) is 0.915. The number of aromatic nitrogens is 1. The maximum Gasteiger partial charge on any atom is 0.254 e. The number of rotatable bonds is 5. The van der Waals surface area contributed by atoms with Crippen LogP contribution >= 0.6 is 11.6 Å². The molecule has 5 nitrogen and oxygen atoms in total. The molecular formula is C17H17ClN2O3. The summed E-state index contributed by atoms with van der Waals surface area (Å²) in [5.41, 5.74) is 0.183. The second-order valence-electron chi connectivity index (χ2n) is 5.69. The normalized spacial score (nSPS) is 15.1. The van der Waals surface area contributed by atoms with Crippen molar-refractivity contribution in [2.24, 2.45) is 0 Å². The molecule has 6 heteroatoms. The summed E-state index contributed by atoms with van der Waals surface area (Å²) in [6.07, 6.45) is 3.19. The number of halogens is 1. The average molecular weight is 333 g/mol. The Hall–Kier alpha value is -2.11. The molecule has 1 aromatic heterocycles. The van der Waals surface area contributed by atoms with Crippen molar-refractivity contribution in [2.45, 2.75) is 18.4 Å². The number of ether oxygens (including phenoxy) is 1. The van der Waals surface area contributed by atoms with Gasteiger partial charge >= 0.3 is 0 Å². The fourth-order valence-corrected chi connectivity index (χ4v) is 2.47. The Balaban J connectivity index is 1.69. The number of pyridine rings is 1. The zero-order chi connectivity index (χ0) is 16.4. The summed E-state index contributed by atoms with van der Waals surface area (Å²) in [6, 6.07) is 10.2. The highest BCUT2D eigenvalue weighted by molar-refractivity contribution is 6.30. The van der Waals surface area contributed by atoms with E-state index in [1.54, 1.807) is 48.3 Å². The summed E-state index contributed by atoms with van der Waals surface area (Å²) in [7, 11) is 1.73. The maximum atomic E-state index is 12.4. The van der Waals surface area contributed by atoms with Gasteiger partial charge in [0.25, 0.3) is 5.91 Å². The van der Waals surface area contributed by atoms with E-state index in [-0.39, 0.29) is 18.1 Å². The molecule has 0 radical (unpaired) electrons. The number of carbonyl (C=O) groups is 1. The van der Waals surface area contributed by atoms with Crippen LogP contribution in [-0.2, 0) is 0 Å². The fourth-order valence-electron chi connectivity index (χ4n) is 2.36. The Morgan fingerprint density at radius 3 is 2.52 bits per heavy atom. The van der Waals surface area contributed by atoms with Crippen LogP contribution in [0.2, 0.25) is 5.02 Å². The number of amides is 1. The van der Waals surface area contributed by atoms with E-state index < -0.39 is 0 Å². The summed E-state index contributed by atoms with van der Waals surface area (Å²) >= 11 is 5.78. The monoisotopic (exact) mass is 332 g/mol. The topological polar surface area (TPSA) is 62.7 Å². The van der Waals surface area contributed by atoms with Gasteiger partial charge in [-0.25, -0.2) is 4.98 Å². The van der Waals surface area contributed by atoms with Crippen molar-refractivity contribution in [1.29, 1.82) is 0 Å². The number of carbonyl (C=O) groups excluding carboxylic acids is 1. The minimum absolute atomic E-state index is 0.00132. The molecule has 1 N–H and O–H groups in total. The largest absolute Gasteiger partial charge is 0.439 e. The third-order valence-electron chi connectivity index (χ3n) is 4.16. The Kier molecular flexibility index (Phi) is 4.24. The average Bonchev–Trinajstić information content (AvgIpc) is 3.37. The highest BCUT2D eigenvalue weighted by Crippen LogP contribution is 2.41. The van der Waals surface area contributed by atoms with E-state index in [0.717, 1.165) is 12.8 Å². The van der Waals surface area contributed by atoms with E-state index in [0.29, 0.717) is 22.2 Å². The van der Waals surface area contributed by atoms with Gasteiger partial charge in [0.05, 0.1) is 17.2 Å². The van der Waals surface area contributed by atoms with E-state index in [1.807, 2.05) is 0 Å². The Labute approximate surface area is 139 Å². The number of nitrogens with zero attached hydrogens (tertiary/aromatic N) is 2. The smallest absolute Gasteiger partial charge is 0.254 e. The molecule has 0 unspecified atom stereocenters. The summed E-state index contributed by atoms with van der Waals surface area (Å²) in [4.78, 5) is 18.1. The van der Waals surface area contributed by atoms with Crippen LogP contribution in [0.3, 0.4) is 0 Å². The molecule has 120 valence electrons. The first-order valence-corrected chi connectivity index (χ1v) is 7.70. The molecular weight excluding hydrogens is 316 g/mol. The van der Waals surface area contributed by atoms with Gasteiger partial charge in [0.1, 0.15) is 5.75 Å². The zero-order valence-electron chi connectivity index (χ0n) is 12.7. The molecule has 1 aliphatic carbocycles. The first-order chi connectivity index (χ1) is 11.0. The van der Waals surface area contributed by atoms with Crippen LogP contribution in [0.1, 0.15) is 23.2 Å². The lowest BCUT2D eigenvalue weighted by Gasteiger charge is -2.26. The Morgan fingerprint density at radius 2 is 2.00 bits per heavy atom. The van der Waals surface area contributed by atoms with Crippen molar-refractivity contribution in [2.75, 3.05) is 13.7 Å². The Morgan fingerprint density at radius 1 is 1.30 bits per heavy atom. The lowest BCUT2D eigenvalue weighted by molar-refractivity contribution is 0.0620. The maximum absolute atomic E-state index is 12.4. The van der Waals surface area contributed by atoms with Gasteiger partial charge in [0.2, 0.25) is 5.88 Å². The van der Waals surface area contributed by atoms with Gasteiger partial charge in [-0.1, -0.05) is 11.6 Å². The van der Waals surface area contributed by atoms with Crippen molar-refractivity contribution in [3.05, 3.63) is 53.2 Å². The summed E-state index contributed by atoms with van der Waals surface area (Å²) in [5, 5.41) is 9.96. The van der Waals surface area contributed by atoms with Crippen molar-refractivity contribution in [3.8, 4) is 11.6 Å². The molecule has 1 saturated carbocycles. The van der Waals surface area contributed by atoms with Crippen LogP contribution in [-0.4, -0.2) is 40.1 Å². The van der Waals surface area contributed by atoms with Crippen LogP contribution in [0.5, 0.6) is 11.6 Å². The number of hydrogen-bond acceptors (Lipinski definition) is 4. The van der Waals surface area contributed by atoms with E-state index >= 15 is 0 Å². The molecule has 2 aromatic rings. The van der Waals surface area contributed by atoms with E-state index in [9.17, 15) is 9.90 Å². The second kappa shape index (κ2) is 6.18. The molecule has 1 aliphatic rings. The van der Waals surface area contributed by atoms with E-state index in [1.165, 1.54) is 6.20 Å². The summed E-state index contributed by atoms with van der Waals surface area (Å²) in [6.45, 7) is -0.00132. The van der Waals surface area contributed by atoms with Crippen LogP contribution in [0.4, 0.5) is 0 Å². The van der Waals surface area contributed by atoms with Gasteiger partial charge in [0, 0.05) is 24.9 Å².